The predicted molar refractivity (Wildman–Crippen MR) is 68.4 cm³/mol. The first-order chi connectivity index (χ1) is 7.78. The summed E-state index contributed by atoms with van der Waals surface area (Å²) in [6.45, 7) is 3.75. The van der Waals surface area contributed by atoms with Gasteiger partial charge in [0.25, 0.3) is 0 Å². The molecule has 0 atom stereocenters. The van der Waals surface area contributed by atoms with Gasteiger partial charge >= 0.3 is 0 Å². The van der Waals surface area contributed by atoms with Crippen LogP contribution in [0.2, 0.25) is 0 Å². The van der Waals surface area contributed by atoms with Crippen molar-refractivity contribution in [2.45, 2.75) is 70.8 Å². The Bertz CT molecular complexity index is 232. The number of hydrogen-bond donors (Lipinski definition) is 1. The lowest BCUT2D eigenvalue weighted by atomic mass is 9.65. The highest BCUT2D eigenvalue weighted by atomic mass is 14.9. The maximum absolute atomic E-state index is 3.91. The van der Waals surface area contributed by atoms with E-state index < -0.39 is 0 Å². The van der Waals surface area contributed by atoms with Crippen molar-refractivity contribution in [3.05, 3.63) is 0 Å². The summed E-state index contributed by atoms with van der Waals surface area (Å²) in [6.07, 6.45) is 13.4. The van der Waals surface area contributed by atoms with Gasteiger partial charge in [-0.05, 0) is 68.6 Å². The molecule has 0 aromatic heterocycles. The lowest BCUT2D eigenvalue weighted by Crippen LogP contribution is -2.45. The molecule has 16 heavy (non-hydrogen) atoms. The van der Waals surface area contributed by atoms with Gasteiger partial charge in [0, 0.05) is 12.6 Å². The Balaban J connectivity index is 1.45. The molecular formula is C15H27N. The Kier molecular flexibility index (Phi) is 2.99. The van der Waals surface area contributed by atoms with E-state index >= 15 is 0 Å². The van der Waals surface area contributed by atoms with Crippen LogP contribution < -0.4 is 5.32 Å². The first kappa shape index (κ1) is 11.1. The molecular weight excluding hydrogens is 194 g/mol. The molecule has 0 spiro atoms. The van der Waals surface area contributed by atoms with Crippen LogP contribution in [0.25, 0.3) is 0 Å². The van der Waals surface area contributed by atoms with E-state index in [1.54, 1.807) is 0 Å². The van der Waals surface area contributed by atoms with Crippen LogP contribution in [0.15, 0.2) is 0 Å². The molecule has 3 aliphatic carbocycles. The van der Waals surface area contributed by atoms with Crippen LogP contribution in [-0.2, 0) is 0 Å². The highest BCUT2D eigenvalue weighted by Crippen LogP contribution is 2.56. The molecule has 0 bridgehead atoms. The maximum atomic E-state index is 3.91. The molecule has 0 unspecified atom stereocenters. The van der Waals surface area contributed by atoms with Crippen molar-refractivity contribution < 1.29 is 0 Å². The molecule has 3 aliphatic rings. The van der Waals surface area contributed by atoms with Gasteiger partial charge in [-0.15, -0.1) is 0 Å². The third-order valence-corrected chi connectivity index (χ3v) is 5.55. The van der Waals surface area contributed by atoms with Crippen LogP contribution in [-0.4, -0.2) is 12.6 Å². The van der Waals surface area contributed by atoms with Gasteiger partial charge in [0.2, 0.25) is 0 Å². The molecule has 0 amide bonds. The van der Waals surface area contributed by atoms with Crippen LogP contribution in [0, 0.1) is 17.3 Å². The summed E-state index contributed by atoms with van der Waals surface area (Å²) in [5, 5.41) is 3.91. The molecule has 0 aromatic carbocycles. The zero-order valence-corrected chi connectivity index (χ0v) is 10.8. The molecule has 0 heterocycles. The van der Waals surface area contributed by atoms with Gasteiger partial charge in [-0.1, -0.05) is 13.3 Å². The smallest absolute Gasteiger partial charge is 0.00674 e. The summed E-state index contributed by atoms with van der Waals surface area (Å²) in [4.78, 5) is 0. The van der Waals surface area contributed by atoms with Gasteiger partial charge in [0.15, 0.2) is 0 Å². The van der Waals surface area contributed by atoms with Gasteiger partial charge in [-0.25, -0.2) is 0 Å². The number of rotatable bonds is 4. The van der Waals surface area contributed by atoms with Gasteiger partial charge in [-0.3, -0.25) is 0 Å². The van der Waals surface area contributed by atoms with E-state index in [4.69, 9.17) is 0 Å². The minimum absolute atomic E-state index is 0.767. The van der Waals surface area contributed by atoms with Crippen LogP contribution in [0.1, 0.15) is 64.7 Å². The Morgan fingerprint density at radius 1 is 1.00 bits per heavy atom. The summed E-state index contributed by atoms with van der Waals surface area (Å²) in [6, 6.07) is 0.854. The maximum Gasteiger partial charge on any atom is 0.00674 e. The molecule has 0 saturated heterocycles. The average molecular weight is 221 g/mol. The van der Waals surface area contributed by atoms with Crippen molar-refractivity contribution in [3.63, 3.8) is 0 Å². The van der Waals surface area contributed by atoms with Gasteiger partial charge < -0.3 is 5.32 Å². The van der Waals surface area contributed by atoms with Crippen molar-refractivity contribution in [2.24, 2.45) is 17.3 Å². The second kappa shape index (κ2) is 4.33. The van der Waals surface area contributed by atoms with Crippen molar-refractivity contribution in [1.29, 1.82) is 0 Å². The SMILES string of the molecule is CC1CCC(NCC2(C3CC3)CCC2)CC1. The van der Waals surface area contributed by atoms with Gasteiger partial charge in [0.05, 0.1) is 0 Å². The van der Waals surface area contributed by atoms with Crippen molar-refractivity contribution >= 4 is 0 Å². The van der Waals surface area contributed by atoms with E-state index in [9.17, 15) is 0 Å². The zero-order valence-electron chi connectivity index (χ0n) is 10.8. The molecule has 0 aromatic rings. The van der Waals surface area contributed by atoms with Crippen LogP contribution in [0.3, 0.4) is 0 Å². The summed E-state index contributed by atoms with van der Waals surface area (Å²) in [7, 11) is 0. The second-order valence-corrected chi connectivity index (χ2v) is 6.83. The Labute approximate surface area is 100 Å². The summed E-state index contributed by atoms with van der Waals surface area (Å²) >= 11 is 0. The molecule has 0 radical (unpaired) electrons. The molecule has 3 fully saturated rings. The van der Waals surface area contributed by atoms with Gasteiger partial charge in [-0.2, -0.15) is 0 Å². The van der Waals surface area contributed by atoms with Crippen LogP contribution in [0.5, 0.6) is 0 Å². The average Bonchev–Trinajstić information content (AvgIpc) is 3.03. The van der Waals surface area contributed by atoms with Crippen LogP contribution in [0.4, 0.5) is 0 Å². The van der Waals surface area contributed by atoms with E-state index in [1.807, 2.05) is 0 Å². The lowest BCUT2D eigenvalue weighted by molar-refractivity contribution is 0.0906. The van der Waals surface area contributed by atoms with Gasteiger partial charge in [0.1, 0.15) is 0 Å². The second-order valence-electron chi connectivity index (χ2n) is 6.83. The van der Waals surface area contributed by atoms with E-state index in [2.05, 4.69) is 12.2 Å². The molecule has 92 valence electrons. The molecule has 1 nitrogen and oxygen atoms in total. The first-order valence-electron chi connectivity index (χ1n) is 7.52. The number of hydrogen-bond acceptors (Lipinski definition) is 1. The van der Waals surface area contributed by atoms with Crippen LogP contribution >= 0.6 is 0 Å². The van der Waals surface area contributed by atoms with Crippen molar-refractivity contribution in [2.75, 3.05) is 6.54 Å². The fourth-order valence-corrected chi connectivity index (χ4v) is 3.87. The fraction of sp³-hybridized carbons (Fsp3) is 1.00. The van der Waals surface area contributed by atoms with Crippen molar-refractivity contribution in [3.8, 4) is 0 Å². The Morgan fingerprint density at radius 3 is 2.19 bits per heavy atom. The monoisotopic (exact) mass is 221 g/mol. The minimum Gasteiger partial charge on any atom is -0.313 e. The lowest BCUT2D eigenvalue weighted by Gasteiger charge is -2.44. The third-order valence-electron chi connectivity index (χ3n) is 5.55. The summed E-state index contributed by atoms with van der Waals surface area (Å²) < 4.78 is 0. The third kappa shape index (κ3) is 2.16. The molecule has 0 aliphatic heterocycles. The topological polar surface area (TPSA) is 12.0 Å². The number of nitrogens with one attached hydrogen (secondary N) is 1. The summed E-state index contributed by atoms with van der Waals surface area (Å²) in [5.41, 5.74) is 0.767. The van der Waals surface area contributed by atoms with E-state index in [-0.39, 0.29) is 0 Å². The molecule has 1 N–H and O–H groups in total. The predicted octanol–water partition coefficient (Wildman–Crippen LogP) is 3.74. The largest absolute Gasteiger partial charge is 0.313 e. The Hall–Kier alpha value is -0.0400. The molecule has 3 saturated carbocycles. The fourth-order valence-electron chi connectivity index (χ4n) is 3.87. The van der Waals surface area contributed by atoms with E-state index in [1.165, 1.54) is 64.3 Å². The standard InChI is InChI=1S/C15H27N/c1-12-3-7-14(8-4-12)16-11-15(9-2-10-15)13-5-6-13/h12-14,16H,2-11H2,1H3. The minimum atomic E-state index is 0.767. The highest BCUT2D eigenvalue weighted by molar-refractivity contribution is 5.01. The van der Waals surface area contributed by atoms with E-state index in [0.717, 1.165) is 23.3 Å². The van der Waals surface area contributed by atoms with Crippen molar-refractivity contribution in [1.82, 2.24) is 5.32 Å². The summed E-state index contributed by atoms with van der Waals surface area (Å²) in [5.74, 6) is 2.09. The quantitative estimate of drug-likeness (QED) is 0.762. The zero-order chi connectivity index (χ0) is 11.0. The molecule has 1 heteroatoms. The molecule has 3 rings (SSSR count). The highest BCUT2D eigenvalue weighted by Gasteiger charge is 2.48. The first-order valence-corrected chi connectivity index (χ1v) is 7.52. The normalized spacial score (nSPS) is 38.1. The Morgan fingerprint density at radius 2 is 1.69 bits per heavy atom. The van der Waals surface area contributed by atoms with E-state index in [0.29, 0.717) is 0 Å².